The average molecular weight is 206 g/mol. The van der Waals surface area contributed by atoms with Crippen LogP contribution in [0.4, 0.5) is 0 Å². The smallest absolute Gasteiger partial charge is 0.111 e. The minimum absolute atomic E-state index is 0.251. The molecule has 0 aromatic rings. The van der Waals surface area contributed by atoms with Gasteiger partial charge in [0.15, 0.2) is 0 Å². The lowest BCUT2D eigenvalue weighted by molar-refractivity contribution is -0.232. The molecule has 1 saturated heterocycles. The summed E-state index contributed by atoms with van der Waals surface area (Å²) in [4.78, 5) is 0. The van der Waals surface area contributed by atoms with E-state index in [1.54, 1.807) is 6.92 Å². The van der Waals surface area contributed by atoms with E-state index in [2.05, 4.69) is 0 Å². The third kappa shape index (κ3) is 2.24. The topological polar surface area (TPSA) is 68.2 Å². The van der Waals surface area contributed by atoms with Crippen molar-refractivity contribution in [2.24, 2.45) is 0 Å². The van der Waals surface area contributed by atoms with Gasteiger partial charge in [0.1, 0.15) is 24.4 Å². The molecule has 2 N–H and O–H groups in total. The molecule has 0 aliphatic carbocycles. The van der Waals surface area contributed by atoms with Gasteiger partial charge in [-0.1, -0.05) is 0 Å². The van der Waals surface area contributed by atoms with Crippen LogP contribution in [0.3, 0.4) is 0 Å². The summed E-state index contributed by atoms with van der Waals surface area (Å²) < 4.78 is 15.4. The van der Waals surface area contributed by atoms with Gasteiger partial charge >= 0.3 is 0 Å². The molecule has 0 saturated carbocycles. The molecule has 1 aliphatic heterocycles. The molecule has 0 spiro atoms. The standard InChI is InChI=1S/C9H18O5/c1-5-9(13-3)8(11)7(10)6(14-5)4-12-2/h5-11H,4H2,1-3H3. The number of hydrogen-bond donors (Lipinski definition) is 2. The molecule has 5 nitrogen and oxygen atoms in total. The Morgan fingerprint density at radius 2 is 1.86 bits per heavy atom. The summed E-state index contributed by atoms with van der Waals surface area (Å²) in [6.45, 7) is 2.06. The van der Waals surface area contributed by atoms with Gasteiger partial charge in [-0.3, -0.25) is 0 Å². The molecule has 1 heterocycles. The van der Waals surface area contributed by atoms with E-state index < -0.39 is 24.4 Å². The van der Waals surface area contributed by atoms with Crippen LogP contribution in [0.1, 0.15) is 6.92 Å². The second-order valence-electron chi connectivity index (χ2n) is 3.52. The molecule has 0 aromatic carbocycles. The van der Waals surface area contributed by atoms with Crippen LogP contribution in [-0.4, -0.2) is 61.6 Å². The maximum atomic E-state index is 9.69. The normalized spacial score (nSPS) is 43.9. The fourth-order valence-electron chi connectivity index (χ4n) is 1.76. The van der Waals surface area contributed by atoms with Crippen molar-refractivity contribution >= 4 is 0 Å². The summed E-state index contributed by atoms with van der Waals surface area (Å²) in [7, 11) is 3.01. The Balaban J connectivity index is 2.62. The molecular weight excluding hydrogens is 188 g/mol. The average Bonchev–Trinajstić information content (AvgIpc) is 2.15. The summed E-state index contributed by atoms with van der Waals surface area (Å²) >= 11 is 0. The van der Waals surface area contributed by atoms with Gasteiger partial charge in [0, 0.05) is 14.2 Å². The van der Waals surface area contributed by atoms with Crippen LogP contribution in [0.2, 0.25) is 0 Å². The predicted molar refractivity (Wildman–Crippen MR) is 49.0 cm³/mol. The number of ether oxygens (including phenoxy) is 3. The lowest BCUT2D eigenvalue weighted by atomic mass is 9.96. The Hall–Kier alpha value is -0.200. The molecule has 84 valence electrons. The third-order valence-electron chi connectivity index (χ3n) is 2.52. The molecule has 14 heavy (non-hydrogen) atoms. The van der Waals surface area contributed by atoms with Crippen LogP contribution in [0.15, 0.2) is 0 Å². The van der Waals surface area contributed by atoms with Gasteiger partial charge < -0.3 is 24.4 Å². The number of hydrogen-bond acceptors (Lipinski definition) is 5. The molecule has 5 atom stereocenters. The zero-order valence-electron chi connectivity index (χ0n) is 8.71. The van der Waals surface area contributed by atoms with Crippen molar-refractivity contribution in [1.29, 1.82) is 0 Å². The van der Waals surface area contributed by atoms with Crippen molar-refractivity contribution < 1.29 is 24.4 Å². The van der Waals surface area contributed by atoms with Crippen LogP contribution in [-0.2, 0) is 14.2 Å². The minimum Gasteiger partial charge on any atom is -0.388 e. The maximum Gasteiger partial charge on any atom is 0.111 e. The molecule has 1 fully saturated rings. The van der Waals surface area contributed by atoms with Crippen molar-refractivity contribution in [2.45, 2.75) is 37.4 Å². The van der Waals surface area contributed by atoms with E-state index in [1.165, 1.54) is 14.2 Å². The monoisotopic (exact) mass is 206 g/mol. The van der Waals surface area contributed by atoms with Crippen LogP contribution in [0.5, 0.6) is 0 Å². The Morgan fingerprint density at radius 3 is 2.36 bits per heavy atom. The third-order valence-corrected chi connectivity index (χ3v) is 2.52. The highest BCUT2D eigenvalue weighted by Crippen LogP contribution is 2.22. The molecule has 5 unspecified atom stereocenters. The largest absolute Gasteiger partial charge is 0.388 e. The first-order chi connectivity index (χ1) is 6.61. The van der Waals surface area contributed by atoms with E-state index >= 15 is 0 Å². The van der Waals surface area contributed by atoms with Gasteiger partial charge in [-0.2, -0.15) is 0 Å². The van der Waals surface area contributed by atoms with Gasteiger partial charge in [-0.25, -0.2) is 0 Å². The lowest BCUT2D eigenvalue weighted by Gasteiger charge is -2.40. The van der Waals surface area contributed by atoms with Crippen molar-refractivity contribution in [3.8, 4) is 0 Å². The van der Waals surface area contributed by atoms with Crippen LogP contribution >= 0.6 is 0 Å². The molecule has 0 radical (unpaired) electrons. The minimum atomic E-state index is -0.962. The van der Waals surface area contributed by atoms with Gasteiger partial charge in [0.05, 0.1) is 12.7 Å². The highest BCUT2D eigenvalue weighted by atomic mass is 16.6. The van der Waals surface area contributed by atoms with E-state index in [-0.39, 0.29) is 12.7 Å². The summed E-state index contributed by atoms with van der Waals surface area (Å²) in [5.74, 6) is 0. The Bertz CT molecular complexity index is 173. The quantitative estimate of drug-likeness (QED) is 0.630. The van der Waals surface area contributed by atoms with Gasteiger partial charge in [0.25, 0.3) is 0 Å². The molecule has 0 bridgehead atoms. The predicted octanol–water partition coefficient (Wildman–Crippen LogP) is -0.843. The van der Waals surface area contributed by atoms with Crippen molar-refractivity contribution in [3.63, 3.8) is 0 Å². The summed E-state index contributed by atoms with van der Waals surface area (Å²) in [6.07, 6.45) is -3.12. The first-order valence-corrected chi connectivity index (χ1v) is 4.65. The molecule has 0 aromatic heterocycles. The zero-order chi connectivity index (χ0) is 10.7. The van der Waals surface area contributed by atoms with Crippen molar-refractivity contribution in [2.75, 3.05) is 20.8 Å². The number of methoxy groups -OCH3 is 2. The van der Waals surface area contributed by atoms with Gasteiger partial charge in [-0.15, -0.1) is 0 Å². The van der Waals surface area contributed by atoms with E-state index in [1.807, 2.05) is 0 Å². The van der Waals surface area contributed by atoms with E-state index in [0.717, 1.165) is 0 Å². The Labute approximate surface area is 83.6 Å². The molecule has 5 heteroatoms. The van der Waals surface area contributed by atoms with Gasteiger partial charge in [-0.05, 0) is 6.92 Å². The first-order valence-electron chi connectivity index (χ1n) is 4.65. The second-order valence-corrected chi connectivity index (χ2v) is 3.52. The van der Waals surface area contributed by atoms with Gasteiger partial charge in [0.2, 0.25) is 0 Å². The van der Waals surface area contributed by atoms with E-state index in [0.29, 0.717) is 0 Å². The van der Waals surface area contributed by atoms with Crippen LogP contribution in [0, 0.1) is 0 Å². The first kappa shape index (κ1) is 11.9. The summed E-state index contributed by atoms with van der Waals surface area (Å²) in [5.41, 5.74) is 0. The van der Waals surface area contributed by atoms with Crippen molar-refractivity contribution in [3.05, 3.63) is 0 Å². The highest BCUT2D eigenvalue weighted by Gasteiger charge is 2.42. The fourth-order valence-corrected chi connectivity index (χ4v) is 1.76. The molecule has 0 amide bonds. The SMILES string of the molecule is COCC1OC(C)C(OC)C(O)C1O. The second kappa shape index (κ2) is 5.04. The number of rotatable bonds is 3. The molecular formula is C9H18O5. The lowest BCUT2D eigenvalue weighted by Crippen LogP contribution is -2.58. The van der Waals surface area contributed by atoms with E-state index in [4.69, 9.17) is 14.2 Å². The Morgan fingerprint density at radius 1 is 1.21 bits per heavy atom. The molecule has 1 aliphatic rings. The van der Waals surface area contributed by atoms with Crippen molar-refractivity contribution in [1.82, 2.24) is 0 Å². The number of aliphatic hydroxyl groups excluding tert-OH is 2. The van der Waals surface area contributed by atoms with Crippen LogP contribution in [0.25, 0.3) is 0 Å². The molecule has 1 rings (SSSR count). The Kier molecular flexibility index (Phi) is 4.28. The van der Waals surface area contributed by atoms with E-state index in [9.17, 15) is 10.2 Å². The van der Waals surface area contributed by atoms with Crippen LogP contribution < -0.4 is 0 Å². The maximum absolute atomic E-state index is 9.69. The fraction of sp³-hybridized carbons (Fsp3) is 1.00. The summed E-state index contributed by atoms with van der Waals surface area (Å²) in [6, 6.07) is 0. The highest BCUT2D eigenvalue weighted by molar-refractivity contribution is 4.91. The zero-order valence-corrected chi connectivity index (χ0v) is 8.71. The summed E-state index contributed by atoms with van der Waals surface area (Å²) in [5, 5.41) is 19.3. The number of aliphatic hydroxyl groups is 2.